The first-order valence-electron chi connectivity index (χ1n) is 8.65. The van der Waals surface area contributed by atoms with Crippen LogP contribution in [0.2, 0.25) is 0 Å². The Morgan fingerprint density at radius 2 is 2.18 bits per heavy atom. The van der Waals surface area contributed by atoms with E-state index in [-0.39, 0.29) is 0 Å². The number of fused-ring (bicyclic) bond motifs is 3. The molecule has 2 aliphatic heterocycles. The Labute approximate surface area is 132 Å². The third kappa shape index (κ3) is 2.40. The molecule has 1 aromatic heterocycles. The Balaban J connectivity index is 1.60. The number of hydrogen-bond donors (Lipinski definition) is 0. The van der Waals surface area contributed by atoms with E-state index in [1.54, 1.807) is 0 Å². The number of furan rings is 1. The number of benzene rings is 1. The molecule has 2 aromatic rings. The van der Waals surface area contributed by atoms with Crippen LogP contribution >= 0.6 is 0 Å². The summed E-state index contributed by atoms with van der Waals surface area (Å²) in [6, 6.07) is 7.78. The lowest BCUT2D eigenvalue weighted by Gasteiger charge is -2.45. The van der Waals surface area contributed by atoms with Crippen LogP contribution in [0.15, 0.2) is 41.0 Å². The summed E-state index contributed by atoms with van der Waals surface area (Å²) < 4.78 is 5.77. The highest BCUT2D eigenvalue weighted by atomic mass is 16.3. The van der Waals surface area contributed by atoms with Gasteiger partial charge in [0.05, 0.1) is 6.26 Å². The van der Waals surface area contributed by atoms with Crippen LogP contribution in [0, 0.1) is 12.8 Å². The summed E-state index contributed by atoms with van der Waals surface area (Å²) in [4.78, 5) is 2.74. The second kappa shape index (κ2) is 5.58. The van der Waals surface area contributed by atoms with Crippen molar-refractivity contribution >= 4 is 11.0 Å². The van der Waals surface area contributed by atoms with Crippen LogP contribution in [-0.4, -0.2) is 23.5 Å². The van der Waals surface area contributed by atoms with E-state index in [9.17, 15) is 0 Å². The molecule has 0 saturated carbocycles. The fraction of sp³-hybridized carbons (Fsp3) is 0.500. The smallest absolute Gasteiger partial charge is 0.134 e. The van der Waals surface area contributed by atoms with Crippen LogP contribution < -0.4 is 0 Å². The molecular weight excluding hydrogens is 270 g/mol. The van der Waals surface area contributed by atoms with Crippen LogP contribution in [0.3, 0.4) is 0 Å². The van der Waals surface area contributed by atoms with E-state index in [2.05, 4.69) is 49.1 Å². The summed E-state index contributed by atoms with van der Waals surface area (Å²) in [5.41, 5.74) is 3.70. The third-order valence-electron chi connectivity index (χ3n) is 5.51. The lowest BCUT2D eigenvalue weighted by atomic mass is 9.84. The SMILES string of the molecule is CC[C@H](Cc1coc2ccc(C)cc12)N1CC2C=CC1CC2. The van der Waals surface area contributed by atoms with Gasteiger partial charge in [-0.2, -0.15) is 0 Å². The zero-order chi connectivity index (χ0) is 15.1. The molecule has 22 heavy (non-hydrogen) atoms. The van der Waals surface area contributed by atoms with Gasteiger partial charge in [0.15, 0.2) is 0 Å². The van der Waals surface area contributed by atoms with E-state index in [4.69, 9.17) is 4.42 Å². The minimum absolute atomic E-state index is 0.624. The van der Waals surface area contributed by atoms with Crippen LogP contribution in [-0.2, 0) is 6.42 Å². The molecule has 1 saturated heterocycles. The Hall–Kier alpha value is -1.54. The third-order valence-corrected chi connectivity index (χ3v) is 5.51. The molecule has 1 aliphatic carbocycles. The van der Waals surface area contributed by atoms with Crippen LogP contribution in [0.25, 0.3) is 11.0 Å². The molecule has 3 atom stereocenters. The Bertz CT molecular complexity index is 699. The van der Waals surface area contributed by atoms with Gasteiger partial charge in [0.1, 0.15) is 5.58 Å². The maximum absolute atomic E-state index is 5.77. The van der Waals surface area contributed by atoms with Crippen molar-refractivity contribution in [3.63, 3.8) is 0 Å². The van der Waals surface area contributed by atoms with Gasteiger partial charge >= 0.3 is 0 Å². The Morgan fingerprint density at radius 1 is 1.27 bits per heavy atom. The summed E-state index contributed by atoms with van der Waals surface area (Å²) >= 11 is 0. The Morgan fingerprint density at radius 3 is 2.86 bits per heavy atom. The van der Waals surface area contributed by atoms with Gasteiger partial charge in [-0.15, -0.1) is 0 Å². The van der Waals surface area contributed by atoms with Crippen molar-refractivity contribution in [1.29, 1.82) is 0 Å². The number of hydrogen-bond acceptors (Lipinski definition) is 2. The fourth-order valence-electron chi connectivity index (χ4n) is 4.22. The summed E-state index contributed by atoms with van der Waals surface area (Å²) in [6.07, 6.45) is 11.9. The van der Waals surface area contributed by atoms with E-state index in [1.165, 1.54) is 42.3 Å². The highest BCUT2D eigenvalue weighted by molar-refractivity contribution is 5.81. The van der Waals surface area contributed by atoms with Gasteiger partial charge in [0, 0.05) is 24.0 Å². The molecule has 5 rings (SSSR count). The molecular formula is C20H25NO. The molecule has 1 fully saturated rings. The molecule has 2 unspecified atom stereocenters. The topological polar surface area (TPSA) is 16.4 Å². The van der Waals surface area contributed by atoms with Crippen LogP contribution in [0.1, 0.15) is 37.3 Å². The molecule has 0 spiro atoms. The van der Waals surface area contributed by atoms with Gasteiger partial charge in [-0.05, 0) is 56.2 Å². The van der Waals surface area contributed by atoms with Crippen molar-refractivity contribution in [2.75, 3.05) is 6.54 Å². The minimum Gasteiger partial charge on any atom is -0.464 e. The Kier molecular flexibility index (Phi) is 3.57. The molecule has 0 N–H and O–H groups in total. The highest BCUT2D eigenvalue weighted by Gasteiger charge is 2.33. The number of piperidine rings is 1. The minimum atomic E-state index is 0.624. The van der Waals surface area contributed by atoms with E-state index >= 15 is 0 Å². The van der Waals surface area contributed by atoms with E-state index in [0.717, 1.165) is 17.9 Å². The maximum atomic E-state index is 5.77. The van der Waals surface area contributed by atoms with Gasteiger partial charge in [-0.25, -0.2) is 0 Å². The van der Waals surface area contributed by atoms with Crippen molar-refractivity contribution in [2.24, 2.45) is 5.92 Å². The predicted octanol–water partition coefficient (Wildman–Crippen LogP) is 4.71. The van der Waals surface area contributed by atoms with Crippen molar-refractivity contribution in [1.82, 2.24) is 4.90 Å². The standard InChI is InChI=1S/C20H25NO/c1-3-17(21-12-15-5-7-18(21)8-6-15)11-16-13-22-20-9-4-14(2)10-19(16)20/h4-5,7,9-10,13,15,17-18H,3,6,8,11-12H2,1-2H3/t15?,17-,18?/m1/s1. The number of aryl methyl sites for hydroxylation is 1. The summed E-state index contributed by atoms with van der Waals surface area (Å²) in [5.74, 6) is 0.780. The molecule has 2 bridgehead atoms. The van der Waals surface area contributed by atoms with Crippen LogP contribution in [0.5, 0.6) is 0 Å². The van der Waals surface area contributed by atoms with Crippen molar-refractivity contribution < 1.29 is 4.42 Å². The normalized spacial score (nSPS) is 25.9. The fourth-order valence-corrected chi connectivity index (χ4v) is 4.22. The first kappa shape index (κ1) is 14.1. The molecule has 0 amide bonds. The van der Waals surface area contributed by atoms with Crippen molar-refractivity contribution in [2.45, 2.75) is 51.6 Å². The van der Waals surface area contributed by atoms with Gasteiger partial charge < -0.3 is 4.42 Å². The lowest BCUT2D eigenvalue weighted by Crippen LogP contribution is -2.50. The first-order valence-corrected chi connectivity index (χ1v) is 8.65. The molecule has 2 heteroatoms. The predicted molar refractivity (Wildman–Crippen MR) is 91.1 cm³/mol. The van der Waals surface area contributed by atoms with Gasteiger partial charge in [-0.1, -0.05) is 30.7 Å². The zero-order valence-electron chi connectivity index (χ0n) is 13.6. The van der Waals surface area contributed by atoms with E-state index < -0.39 is 0 Å². The van der Waals surface area contributed by atoms with Crippen molar-refractivity contribution in [3.05, 3.63) is 47.7 Å². The molecule has 116 valence electrons. The molecule has 0 radical (unpaired) electrons. The molecule has 1 aromatic carbocycles. The molecule has 2 nitrogen and oxygen atoms in total. The van der Waals surface area contributed by atoms with E-state index in [1.807, 2.05) is 6.26 Å². The van der Waals surface area contributed by atoms with E-state index in [0.29, 0.717) is 12.1 Å². The molecule has 3 aliphatic rings. The van der Waals surface area contributed by atoms with Crippen molar-refractivity contribution in [3.8, 4) is 0 Å². The molecule has 3 heterocycles. The summed E-state index contributed by atoms with van der Waals surface area (Å²) in [7, 11) is 0. The maximum Gasteiger partial charge on any atom is 0.134 e. The first-order chi connectivity index (χ1) is 10.7. The van der Waals surface area contributed by atoms with Gasteiger partial charge in [-0.3, -0.25) is 4.90 Å². The summed E-state index contributed by atoms with van der Waals surface area (Å²) in [6.45, 7) is 5.72. The van der Waals surface area contributed by atoms with Crippen LogP contribution in [0.4, 0.5) is 0 Å². The number of rotatable bonds is 4. The summed E-state index contributed by atoms with van der Waals surface area (Å²) in [5, 5.41) is 1.30. The second-order valence-corrected chi connectivity index (χ2v) is 7.01. The largest absolute Gasteiger partial charge is 0.464 e. The zero-order valence-corrected chi connectivity index (χ0v) is 13.6. The average Bonchev–Trinajstić information content (AvgIpc) is 2.95. The highest BCUT2D eigenvalue weighted by Crippen LogP contribution is 2.33. The average molecular weight is 295 g/mol. The van der Waals surface area contributed by atoms with Gasteiger partial charge in [0.2, 0.25) is 0 Å². The quantitative estimate of drug-likeness (QED) is 0.759. The lowest BCUT2D eigenvalue weighted by molar-refractivity contribution is 0.0847. The monoisotopic (exact) mass is 295 g/mol. The number of nitrogens with zero attached hydrogens (tertiary/aromatic N) is 1. The second-order valence-electron chi connectivity index (χ2n) is 7.01. The van der Waals surface area contributed by atoms with Gasteiger partial charge in [0.25, 0.3) is 0 Å².